The predicted molar refractivity (Wildman–Crippen MR) is 120 cm³/mol. The second-order valence-corrected chi connectivity index (χ2v) is 9.35. The number of aromatic nitrogens is 1. The van der Waals surface area contributed by atoms with E-state index in [1.807, 2.05) is 17.7 Å². The molecule has 8 heteroatoms. The SMILES string of the molecule is Cc1ccc2c(c1)c(-c1ccccc1F)c(C(=O)NS(C)(=O)=O)n2Cc1ccccc1F. The van der Waals surface area contributed by atoms with Gasteiger partial charge in [0.1, 0.15) is 17.3 Å². The number of amides is 1. The second-order valence-electron chi connectivity index (χ2n) is 7.60. The zero-order valence-electron chi connectivity index (χ0n) is 17.4. The highest BCUT2D eigenvalue weighted by Crippen LogP contribution is 2.37. The summed E-state index contributed by atoms with van der Waals surface area (Å²) in [6.07, 6.45) is 0.863. The number of benzene rings is 3. The zero-order valence-corrected chi connectivity index (χ0v) is 18.2. The molecule has 1 aromatic heterocycles. The number of sulfonamides is 1. The average molecular weight is 454 g/mol. The molecule has 0 aliphatic carbocycles. The second kappa shape index (κ2) is 8.20. The minimum atomic E-state index is -3.90. The lowest BCUT2D eigenvalue weighted by atomic mass is 10.00. The predicted octanol–water partition coefficient (Wildman–Crippen LogP) is 4.63. The van der Waals surface area contributed by atoms with E-state index in [0.717, 1.165) is 11.8 Å². The third kappa shape index (κ3) is 4.13. The Kier molecular flexibility index (Phi) is 5.56. The van der Waals surface area contributed by atoms with E-state index in [2.05, 4.69) is 0 Å². The van der Waals surface area contributed by atoms with E-state index >= 15 is 0 Å². The number of halogens is 2. The van der Waals surface area contributed by atoms with Gasteiger partial charge in [0.15, 0.2) is 0 Å². The summed E-state index contributed by atoms with van der Waals surface area (Å²) in [7, 11) is -3.90. The molecule has 0 saturated carbocycles. The van der Waals surface area contributed by atoms with Gasteiger partial charge < -0.3 is 4.57 Å². The molecule has 1 heterocycles. The number of aryl methyl sites for hydroxylation is 1. The van der Waals surface area contributed by atoms with Crippen LogP contribution < -0.4 is 4.72 Å². The number of nitrogens with one attached hydrogen (secondary N) is 1. The molecule has 0 aliphatic rings. The smallest absolute Gasteiger partial charge is 0.282 e. The van der Waals surface area contributed by atoms with Gasteiger partial charge >= 0.3 is 0 Å². The molecule has 0 bridgehead atoms. The van der Waals surface area contributed by atoms with E-state index in [1.165, 1.54) is 28.8 Å². The number of nitrogens with zero attached hydrogens (tertiary/aromatic N) is 1. The first-order valence-electron chi connectivity index (χ1n) is 9.79. The van der Waals surface area contributed by atoms with Crippen LogP contribution in [0.3, 0.4) is 0 Å². The third-order valence-electron chi connectivity index (χ3n) is 5.14. The normalized spacial score (nSPS) is 11.6. The number of hydrogen-bond acceptors (Lipinski definition) is 3. The first kappa shape index (κ1) is 21.7. The largest absolute Gasteiger partial charge is 0.331 e. The number of rotatable bonds is 5. The van der Waals surface area contributed by atoms with Crippen LogP contribution in [0.1, 0.15) is 21.6 Å². The maximum Gasteiger partial charge on any atom is 0.282 e. The lowest BCUT2D eigenvalue weighted by Crippen LogP contribution is -2.31. The topological polar surface area (TPSA) is 68.2 Å². The van der Waals surface area contributed by atoms with Crippen molar-refractivity contribution < 1.29 is 22.0 Å². The summed E-state index contributed by atoms with van der Waals surface area (Å²) < 4.78 is 56.5. The van der Waals surface area contributed by atoms with Crippen LogP contribution in [0.15, 0.2) is 66.7 Å². The fourth-order valence-corrected chi connectivity index (χ4v) is 4.25. The van der Waals surface area contributed by atoms with Gasteiger partial charge in [-0.1, -0.05) is 48.0 Å². The monoisotopic (exact) mass is 454 g/mol. The van der Waals surface area contributed by atoms with Gasteiger partial charge in [0.25, 0.3) is 5.91 Å². The Hall–Kier alpha value is -3.52. The van der Waals surface area contributed by atoms with Crippen molar-refractivity contribution in [2.45, 2.75) is 13.5 Å². The van der Waals surface area contributed by atoms with Crippen LogP contribution in [0.4, 0.5) is 8.78 Å². The van der Waals surface area contributed by atoms with Gasteiger partial charge in [-0.3, -0.25) is 4.79 Å². The maximum absolute atomic E-state index is 14.9. The fraction of sp³-hybridized carbons (Fsp3) is 0.125. The van der Waals surface area contributed by atoms with E-state index in [9.17, 15) is 22.0 Å². The molecule has 164 valence electrons. The number of carbonyl (C=O) groups is 1. The van der Waals surface area contributed by atoms with E-state index in [1.54, 1.807) is 36.4 Å². The van der Waals surface area contributed by atoms with Gasteiger partial charge in [0.2, 0.25) is 10.0 Å². The molecule has 32 heavy (non-hydrogen) atoms. The van der Waals surface area contributed by atoms with Crippen LogP contribution >= 0.6 is 0 Å². The van der Waals surface area contributed by atoms with Crippen LogP contribution in [0, 0.1) is 18.6 Å². The Labute approximate surface area is 184 Å². The minimum absolute atomic E-state index is 0.0484. The summed E-state index contributed by atoms with van der Waals surface area (Å²) in [4.78, 5) is 13.2. The molecular weight excluding hydrogens is 434 g/mol. The van der Waals surface area contributed by atoms with E-state index in [-0.39, 0.29) is 23.4 Å². The van der Waals surface area contributed by atoms with E-state index < -0.39 is 27.6 Å². The summed E-state index contributed by atoms with van der Waals surface area (Å²) in [5.74, 6) is -1.95. The molecule has 4 aromatic rings. The maximum atomic E-state index is 14.9. The summed E-state index contributed by atoms with van der Waals surface area (Å²) in [6, 6.07) is 17.4. The van der Waals surface area contributed by atoms with Crippen molar-refractivity contribution in [1.82, 2.24) is 9.29 Å². The highest BCUT2D eigenvalue weighted by Gasteiger charge is 2.27. The van der Waals surface area contributed by atoms with Crippen molar-refractivity contribution in [3.05, 3.63) is 95.2 Å². The highest BCUT2D eigenvalue weighted by molar-refractivity contribution is 7.89. The van der Waals surface area contributed by atoms with E-state index in [0.29, 0.717) is 16.5 Å². The fourth-order valence-electron chi connectivity index (χ4n) is 3.82. The molecule has 0 unspecified atom stereocenters. The molecule has 1 amide bonds. The zero-order chi connectivity index (χ0) is 23.0. The Morgan fingerprint density at radius 2 is 1.62 bits per heavy atom. The minimum Gasteiger partial charge on any atom is -0.331 e. The van der Waals surface area contributed by atoms with Gasteiger partial charge in [0, 0.05) is 27.6 Å². The molecule has 0 atom stereocenters. The first-order valence-corrected chi connectivity index (χ1v) is 11.7. The third-order valence-corrected chi connectivity index (χ3v) is 5.70. The first-order chi connectivity index (χ1) is 15.2. The number of fused-ring (bicyclic) bond motifs is 1. The van der Waals surface area contributed by atoms with Crippen LogP contribution in [0.2, 0.25) is 0 Å². The van der Waals surface area contributed by atoms with Crippen LogP contribution in [0.25, 0.3) is 22.0 Å². The molecular formula is C24H20F2N2O3S. The Morgan fingerprint density at radius 1 is 0.969 bits per heavy atom. The Morgan fingerprint density at radius 3 is 2.28 bits per heavy atom. The van der Waals surface area contributed by atoms with Gasteiger partial charge in [-0.15, -0.1) is 0 Å². The molecule has 0 aliphatic heterocycles. The van der Waals surface area contributed by atoms with Crippen molar-refractivity contribution >= 4 is 26.8 Å². The van der Waals surface area contributed by atoms with Crippen molar-refractivity contribution in [3.8, 4) is 11.1 Å². The molecule has 5 nitrogen and oxygen atoms in total. The summed E-state index contributed by atoms with van der Waals surface area (Å²) in [6.45, 7) is 1.81. The molecule has 0 fully saturated rings. The van der Waals surface area contributed by atoms with Gasteiger partial charge in [-0.2, -0.15) is 0 Å². The lowest BCUT2D eigenvalue weighted by molar-refractivity contribution is 0.0974. The van der Waals surface area contributed by atoms with Gasteiger partial charge in [0.05, 0.1) is 12.8 Å². The molecule has 4 rings (SSSR count). The summed E-state index contributed by atoms with van der Waals surface area (Å²) in [5.41, 5.74) is 2.06. The molecule has 0 radical (unpaired) electrons. The van der Waals surface area contributed by atoms with Crippen molar-refractivity contribution in [3.63, 3.8) is 0 Å². The van der Waals surface area contributed by atoms with Crippen LogP contribution in [-0.2, 0) is 16.6 Å². The van der Waals surface area contributed by atoms with Crippen molar-refractivity contribution in [1.29, 1.82) is 0 Å². The molecule has 0 spiro atoms. The van der Waals surface area contributed by atoms with Crippen LogP contribution in [0.5, 0.6) is 0 Å². The molecule has 3 aromatic carbocycles. The lowest BCUT2D eigenvalue weighted by Gasteiger charge is -2.13. The number of hydrogen-bond donors (Lipinski definition) is 1. The molecule has 0 saturated heterocycles. The van der Waals surface area contributed by atoms with Crippen LogP contribution in [-0.4, -0.2) is 25.1 Å². The van der Waals surface area contributed by atoms with Crippen molar-refractivity contribution in [2.75, 3.05) is 6.26 Å². The number of carbonyl (C=O) groups excluding carboxylic acids is 1. The van der Waals surface area contributed by atoms with Gasteiger partial charge in [-0.25, -0.2) is 21.9 Å². The highest BCUT2D eigenvalue weighted by atomic mass is 32.2. The summed E-state index contributed by atoms with van der Waals surface area (Å²) in [5, 5.41) is 0.560. The quantitative estimate of drug-likeness (QED) is 0.478. The summed E-state index contributed by atoms with van der Waals surface area (Å²) >= 11 is 0. The van der Waals surface area contributed by atoms with Gasteiger partial charge in [-0.05, 0) is 31.2 Å². The Bertz CT molecular complexity index is 1460. The Balaban J connectivity index is 2.09. The van der Waals surface area contributed by atoms with E-state index in [4.69, 9.17) is 0 Å². The van der Waals surface area contributed by atoms with Crippen molar-refractivity contribution in [2.24, 2.45) is 0 Å². The standard InChI is InChI=1S/C24H20F2N2O3S/c1-15-11-12-21-18(13-15)22(17-8-4-6-10-20(17)26)23(24(29)27-32(2,30)31)28(21)14-16-7-3-5-9-19(16)25/h3-13H,14H2,1-2H3,(H,27,29). The molecule has 1 N–H and O–H groups in total. The average Bonchev–Trinajstić information content (AvgIpc) is 3.02.